The molecule has 0 heterocycles. The average molecular weight is 247 g/mol. The SMILES string of the molecule is CC(=O)NC(CSCOCC1CC1)C(=O)O. The normalized spacial score (nSPS) is 16.8. The van der Waals surface area contributed by atoms with Gasteiger partial charge in [0.05, 0.1) is 12.5 Å². The summed E-state index contributed by atoms with van der Waals surface area (Å²) in [5.74, 6) is 0.197. The lowest BCUT2D eigenvalue weighted by atomic mass is 10.3. The molecular formula is C10H17NO4S. The van der Waals surface area contributed by atoms with E-state index in [0.29, 0.717) is 17.6 Å². The van der Waals surface area contributed by atoms with Crippen LogP contribution in [0, 0.1) is 5.92 Å². The second kappa shape index (κ2) is 6.75. The Kier molecular flexibility index (Phi) is 5.62. The first kappa shape index (κ1) is 13.3. The molecule has 0 bridgehead atoms. The van der Waals surface area contributed by atoms with Gasteiger partial charge in [-0.3, -0.25) is 4.79 Å². The van der Waals surface area contributed by atoms with Crippen molar-refractivity contribution < 1.29 is 19.4 Å². The third-order valence-corrected chi connectivity index (χ3v) is 3.08. The fourth-order valence-corrected chi connectivity index (χ4v) is 1.92. The molecule has 5 nitrogen and oxygen atoms in total. The van der Waals surface area contributed by atoms with Crippen LogP contribution in [0.25, 0.3) is 0 Å². The summed E-state index contributed by atoms with van der Waals surface area (Å²) < 4.78 is 5.35. The highest BCUT2D eigenvalue weighted by Crippen LogP contribution is 2.29. The molecule has 16 heavy (non-hydrogen) atoms. The lowest BCUT2D eigenvalue weighted by Crippen LogP contribution is -2.41. The Hall–Kier alpha value is -0.750. The highest BCUT2D eigenvalue weighted by Gasteiger charge is 2.21. The van der Waals surface area contributed by atoms with Crippen molar-refractivity contribution in [3.05, 3.63) is 0 Å². The van der Waals surface area contributed by atoms with Gasteiger partial charge in [-0.25, -0.2) is 4.79 Å². The van der Waals surface area contributed by atoms with Gasteiger partial charge in [0.1, 0.15) is 6.04 Å². The van der Waals surface area contributed by atoms with Crippen molar-refractivity contribution in [2.75, 3.05) is 18.3 Å². The maximum atomic E-state index is 10.7. The number of aliphatic carboxylic acids is 1. The number of carbonyl (C=O) groups excluding carboxylic acids is 1. The molecule has 2 N–H and O–H groups in total. The largest absolute Gasteiger partial charge is 0.480 e. The Balaban J connectivity index is 2.05. The number of amides is 1. The molecule has 0 spiro atoms. The van der Waals surface area contributed by atoms with E-state index in [4.69, 9.17) is 9.84 Å². The molecule has 1 saturated carbocycles. The van der Waals surface area contributed by atoms with Crippen LogP contribution < -0.4 is 5.32 Å². The fraction of sp³-hybridized carbons (Fsp3) is 0.800. The minimum Gasteiger partial charge on any atom is -0.480 e. The van der Waals surface area contributed by atoms with Crippen molar-refractivity contribution in [3.8, 4) is 0 Å². The van der Waals surface area contributed by atoms with Gasteiger partial charge < -0.3 is 15.2 Å². The Morgan fingerprint density at radius 3 is 2.75 bits per heavy atom. The van der Waals surface area contributed by atoms with E-state index >= 15 is 0 Å². The van der Waals surface area contributed by atoms with Crippen LogP contribution in [0.3, 0.4) is 0 Å². The summed E-state index contributed by atoms with van der Waals surface area (Å²) in [5.41, 5.74) is 0. The van der Waals surface area contributed by atoms with E-state index in [1.807, 2.05) is 0 Å². The second-order valence-corrected chi connectivity index (χ2v) is 4.87. The first-order chi connectivity index (χ1) is 7.59. The number of carbonyl (C=O) groups is 2. The highest BCUT2D eigenvalue weighted by molar-refractivity contribution is 7.99. The summed E-state index contributed by atoms with van der Waals surface area (Å²) in [5, 5.41) is 11.2. The number of hydrogen-bond donors (Lipinski definition) is 2. The summed E-state index contributed by atoms with van der Waals surface area (Å²) >= 11 is 1.38. The molecule has 0 saturated heterocycles. The summed E-state index contributed by atoms with van der Waals surface area (Å²) in [6.07, 6.45) is 2.49. The molecule has 0 radical (unpaired) electrons. The molecule has 0 aromatic heterocycles. The first-order valence-electron chi connectivity index (χ1n) is 5.25. The molecule has 1 atom stereocenters. The summed E-state index contributed by atoms with van der Waals surface area (Å²) in [6.45, 7) is 2.08. The molecule has 1 aliphatic rings. The minimum absolute atomic E-state index is 0.327. The van der Waals surface area contributed by atoms with Crippen molar-refractivity contribution in [2.45, 2.75) is 25.8 Å². The molecule has 92 valence electrons. The molecule has 1 unspecified atom stereocenters. The molecule has 1 rings (SSSR count). The van der Waals surface area contributed by atoms with Gasteiger partial charge in [-0.05, 0) is 18.8 Å². The van der Waals surface area contributed by atoms with Gasteiger partial charge in [0.2, 0.25) is 5.91 Å². The standard InChI is InChI=1S/C10H17NO4S/c1-7(12)11-9(10(13)14)5-16-6-15-4-8-2-3-8/h8-9H,2-6H2,1H3,(H,11,12)(H,13,14). The van der Waals surface area contributed by atoms with E-state index in [1.54, 1.807) is 0 Å². The molecular weight excluding hydrogens is 230 g/mol. The van der Waals surface area contributed by atoms with Crippen LogP contribution in [0.4, 0.5) is 0 Å². The topological polar surface area (TPSA) is 75.6 Å². The number of carboxylic acids is 1. The maximum Gasteiger partial charge on any atom is 0.327 e. The highest BCUT2D eigenvalue weighted by atomic mass is 32.2. The second-order valence-electron chi connectivity index (χ2n) is 3.89. The molecule has 6 heteroatoms. The van der Waals surface area contributed by atoms with Gasteiger partial charge in [0.25, 0.3) is 0 Å². The molecule has 1 amide bonds. The monoisotopic (exact) mass is 247 g/mol. The van der Waals surface area contributed by atoms with E-state index in [-0.39, 0.29) is 5.91 Å². The quantitative estimate of drug-likeness (QED) is 0.487. The van der Waals surface area contributed by atoms with Crippen LogP contribution in [0.2, 0.25) is 0 Å². The van der Waals surface area contributed by atoms with E-state index in [9.17, 15) is 9.59 Å². The third-order valence-electron chi connectivity index (χ3n) is 2.18. The van der Waals surface area contributed by atoms with E-state index in [0.717, 1.165) is 6.61 Å². The summed E-state index contributed by atoms with van der Waals surface area (Å²) in [4.78, 5) is 21.5. The molecule has 1 aliphatic carbocycles. The Morgan fingerprint density at radius 1 is 1.56 bits per heavy atom. The number of thioether (sulfide) groups is 1. The number of nitrogens with one attached hydrogen (secondary N) is 1. The summed E-state index contributed by atoms with van der Waals surface area (Å²) in [7, 11) is 0. The number of hydrogen-bond acceptors (Lipinski definition) is 4. The Morgan fingerprint density at radius 2 is 2.25 bits per heavy atom. The van der Waals surface area contributed by atoms with E-state index in [2.05, 4.69) is 5.32 Å². The van der Waals surface area contributed by atoms with Crippen molar-refractivity contribution >= 4 is 23.6 Å². The van der Waals surface area contributed by atoms with Crippen LogP contribution in [-0.4, -0.2) is 41.3 Å². The molecule has 1 fully saturated rings. The molecule has 0 aromatic rings. The lowest BCUT2D eigenvalue weighted by molar-refractivity contribution is -0.140. The average Bonchev–Trinajstić information content (AvgIpc) is 2.98. The zero-order valence-corrected chi connectivity index (χ0v) is 10.1. The molecule has 0 aliphatic heterocycles. The van der Waals surface area contributed by atoms with Crippen LogP contribution in [-0.2, 0) is 14.3 Å². The van der Waals surface area contributed by atoms with Gasteiger partial charge >= 0.3 is 5.97 Å². The summed E-state index contributed by atoms with van der Waals surface area (Å²) in [6, 6.07) is -0.827. The number of carboxylic acid groups (broad SMARTS) is 1. The van der Waals surface area contributed by atoms with Gasteiger partial charge in [-0.2, -0.15) is 0 Å². The zero-order chi connectivity index (χ0) is 12.0. The van der Waals surface area contributed by atoms with Crippen LogP contribution >= 0.6 is 11.8 Å². The van der Waals surface area contributed by atoms with Crippen molar-refractivity contribution in [2.24, 2.45) is 5.92 Å². The predicted molar refractivity (Wildman–Crippen MR) is 61.2 cm³/mol. The molecule has 0 aromatic carbocycles. The number of rotatable bonds is 8. The Labute approximate surface area is 98.9 Å². The van der Waals surface area contributed by atoms with E-state index < -0.39 is 12.0 Å². The maximum absolute atomic E-state index is 10.7. The van der Waals surface area contributed by atoms with Gasteiger partial charge in [-0.1, -0.05) is 0 Å². The van der Waals surface area contributed by atoms with Crippen molar-refractivity contribution in [3.63, 3.8) is 0 Å². The van der Waals surface area contributed by atoms with Gasteiger partial charge in [0, 0.05) is 12.7 Å². The number of ether oxygens (including phenoxy) is 1. The van der Waals surface area contributed by atoms with Crippen LogP contribution in [0.1, 0.15) is 19.8 Å². The first-order valence-corrected chi connectivity index (χ1v) is 6.40. The van der Waals surface area contributed by atoms with Crippen molar-refractivity contribution in [1.29, 1.82) is 0 Å². The lowest BCUT2D eigenvalue weighted by Gasteiger charge is -2.12. The minimum atomic E-state index is -1.01. The van der Waals surface area contributed by atoms with Crippen LogP contribution in [0.15, 0.2) is 0 Å². The predicted octanol–water partition coefficient (Wildman–Crippen LogP) is 0.693. The van der Waals surface area contributed by atoms with Crippen LogP contribution in [0.5, 0.6) is 0 Å². The van der Waals surface area contributed by atoms with E-state index in [1.165, 1.54) is 31.5 Å². The van der Waals surface area contributed by atoms with Gasteiger partial charge in [-0.15, -0.1) is 11.8 Å². The van der Waals surface area contributed by atoms with Gasteiger partial charge in [0.15, 0.2) is 0 Å². The smallest absolute Gasteiger partial charge is 0.327 e. The Bertz CT molecular complexity index is 255. The third kappa shape index (κ3) is 5.97. The fourth-order valence-electron chi connectivity index (χ4n) is 1.14. The van der Waals surface area contributed by atoms with Crippen molar-refractivity contribution in [1.82, 2.24) is 5.32 Å². The zero-order valence-electron chi connectivity index (χ0n) is 9.27.